The molecule has 0 radical (unpaired) electrons. The van der Waals surface area contributed by atoms with Crippen LogP contribution in [0.1, 0.15) is 23.3 Å². The molecule has 176 valence electrons. The average molecular weight is 568 g/mol. The number of carbonyl (C=O) groups excluding carboxylic acids is 1. The van der Waals surface area contributed by atoms with E-state index in [1.165, 1.54) is 12.1 Å². The lowest BCUT2D eigenvalue weighted by Crippen LogP contribution is -2.37. The number of carbonyl (C=O) groups is 1. The molecule has 1 amide bonds. The van der Waals surface area contributed by atoms with Gasteiger partial charge in [0.05, 0.1) is 4.90 Å². The Morgan fingerprint density at radius 3 is 1.89 bits per heavy atom. The lowest BCUT2D eigenvalue weighted by Gasteiger charge is -2.33. The van der Waals surface area contributed by atoms with E-state index in [4.69, 9.17) is 11.6 Å². The summed E-state index contributed by atoms with van der Waals surface area (Å²) >= 11 is 9.49. The number of anilines is 1. The number of nitrogens with zero attached hydrogens (tertiary/aromatic N) is 2. The predicted octanol–water partition coefficient (Wildman–Crippen LogP) is 6.58. The van der Waals surface area contributed by atoms with Crippen molar-refractivity contribution < 1.29 is 13.2 Å². The zero-order valence-corrected chi connectivity index (χ0v) is 21.5. The van der Waals surface area contributed by atoms with Crippen LogP contribution in [0.25, 0.3) is 0 Å². The molecule has 4 aromatic rings. The van der Waals surface area contributed by atoms with E-state index in [9.17, 15) is 13.2 Å². The molecule has 0 aliphatic carbocycles. The average Bonchev–Trinajstić information content (AvgIpc) is 3.19. The van der Waals surface area contributed by atoms with Crippen LogP contribution in [0.5, 0.6) is 0 Å². The van der Waals surface area contributed by atoms with Crippen molar-refractivity contribution >= 4 is 49.1 Å². The molecule has 1 saturated heterocycles. The van der Waals surface area contributed by atoms with Gasteiger partial charge in [-0.05, 0) is 59.7 Å². The van der Waals surface area contributed by atoms with Crippen molar-refractivity contribution in [3.63, 3.8) is 0 Å². The van der Waals surface area contributed by atoms with E-state index in [0.29, 0.717) is 16.1 Å². The number of halogens is 2. The van der Waals surface area contributed by atoms with Crippen LogP contribution < -0.4 is 4.90 Å². The Labute approximate surface area is 217 Å². The van der Waals surface area contributed by atoms with Crippen molar-refractivity contribution in [3.8, 4) is 0 Å². The van der Waals surface area contributed by atoms with Crippen molar-refractivity contribution in [1.82, 2.24) is 4.31 Å². The molecule has 2 unspecified atom stereocenters. The number of sulfonamides is 1. The maximum Gasteiger partial charge on any atom is 0.268 e. The molecule has 2 atom stereocenters. The van der Waals surface area contributed by atoms with E-state index in [1.54, 1.807) is 36.4 Å². The van der Waals surface area contributed by atoms with Crippen LogP contribution in [0.3, 0.4) is 0 Å². The fraction of sp³-hybridized carbons (Fsp3) is 0.0741. The number of para-hydroxylation sites is 1. The molecular formula is C27H20BrClN2O3S. The molecule has 0 spiro atoms. The van der Waals surface area contributed by atoms with E-state index >= 15 is 0 Å². The minimum Gasteiger partial charge on any atom is -0.330 e. The summed E-state index contributed by atoms with van der Waals surface area (Å²) in [6.45, 7) is 0. The van der Waals surface area contributed by atoms with E-state index in [0.717, 1.165) is 14.5 Å². The standard InChI is InChI=1S/C27H20BrClN2O3S/c28-21-13-17-24(18-14-21)35(33,34)31-26(20-11-15-22(29)16-12-20)30(23-9-5-2-6-10-23)25(27(31)32)19-7-3-1-4-8-19/h1-18,25-26H. The molecule has 4 aromatic carbocycles. The third kappa shape index (κ3) is 4.35. The second kappa shape index (κ2) is 9.49. The molecule has 1 aliphatic heterocycles. The number of benzene rings is 4. The molecule has 1 fully saturated rings. The smallest absolute Gasteiger partial charge is 0.268 e. The molecule has 0 N–H and O–H groups in total. The van der Waals surface area contributed by atoms with E-state index in [1.807, 2.05) is 65.6 Å². The van der Waals surface area contributed by atoms with Crippen LogP contribution in [-0.4, -0.2) is 18.6 Å². The summed E-state index contributed by atoms with van der Waals surface area (Å²) in [5.74, 6) is -0.525. The Hall–Kier alpha value is -3.13. The van der Waals surface area contributed by atoms with Crippen molar-refractivity contribution in [3.05, 3.63) is 130 Å². The largest absolute Gasteiger partial charge is 0.330 e. The first-order chi connectivity index (χ1) is 16.9. The van der Waals surface area contributed by atoms with Crippen LogP contribution in [0, 0.1) is 0 Å². The van der Waals surface area contributed by atoms with Gasteiger partial charge in [-0.3, -0.25) is 4.79 Å². The highest BCUT2D eigenvalue weighted by Gasteiger charge is 2.53. The molecular weight excluding hydrogens is 548 g/mol. The highest BCUT2D eigenvalue weighted by Crippen LogP contribution is 2.47. The van der Waals surface area contributed by atoms with Gasteiger partial charge in [-0.2, -0.15) is 0 Å². The molecule has 5 rings (SSSR count). The molecule has 8 heteroatoms. The molecule has 5 nitrogen and oxygen atoms in total. The first-order valence-electron chi connectivity index (χ1n) is 10.9. The van der Waals surface area contributed by atoms with Crippen molar-refractivity contribution in [2.75, 3.05) is 4.90 Å². The van der Waals surface area contributed by atoms with Gasteiger partial charge in [0.1, 0.15) is 12.2 Å². The Bertz CT molecular complexity index is 1450. The first-order valence-corrected chi connectivity index (χ1v) is 13.5. The van der Waals surface area contributed by atoms with Gasteiger partial charge in [-0.25, -0.2) is 12.7 Å². The lowest BCUT2D eigenvalue weighted by molar-refractivity contribution is -0.125. The van der Waals surface area contributed by atoms with Gasteiger partial charge in [0.25, 0.3) is 15.9 Å². The summed E-state index contributed by atoms with van der Waals surface area (Å²) in [5.41, 5.74) is 2.06. The highest BCUT2D eigenvalue weighted by atomic mass is 79.9. The summed E-state index contributed by atoms with van der Waals surface area (Å²) in [5, 5.41) is 0.520. The third-order valence-electron chi connectivity index (χ3n) is 5.92. The minimum atomic E-state index is -4.21. The summed E-state index contributed by atoms with van der Waals surface area (Å²) in [6, 6.07) is 31.0. The fourth-order valence-corrected chi connectivity index (χ4v) is 6.26. The normalized spacial score (nSPS) is 18.2. The Kier molecular flexibility index (Phi) is 6.40. The quantitative estimate of drug-likeness (QED) is 0.273. The topological polar surface area (TPSA) is 57.7 Å². The molecule has 0 saturated carbocycles. The summed E-state index contributed by atoms with van der Waals surface area (Å²) in [6.07, 6.45) is -0.916. The molecule has 0 bridgehead atoms. The number of hydrogen-bond donors (Lipinski definition) is 0. The van der Waals surface area contributed by atoms with Crippen LogP contribution in [-0.2, 0) is 14.8 Å². The SMILES string of the molecule is O=C1C(c2ccccc2)N(c2ccccc2)C(c2ccc(Cl)cc2)N1S(=O)(=O)c1ccc(Br)cc1. The van der Waals surface area contributed by atoms with Gasteiger partial charge in [-0.15, -0.1) is 0 Å². The summed E-state index contributed by atoms with van der Waals surface area (Å²) in [4.78, 5) is 16.0. The second-order valence-electron chi connectivity index (χ2n) is 8.07. The molecule has 1 heterocycles. The summed E-state index contributed by atoms with van der Waals surface area (Å²) in [7, 11) is -4.21. The molecule has 0 aromatic heterocycles. The van der Waals surface area contributed by atoms with Crippen molar-refractivity contribution in [2.24, 2.45) is 0 Å². The van der Waals surface area contributed by atoms with Crippen LogP contribution in [0.15, 0.2) is 119 Å². The molecule has 35 heavy (non-hydrogen) atoms. The predicted molar refractivity (Wildman–Crippen MR) is 140 cm³/mol. The lowest BCUT2D eigenvalue weighted by atomic mass is 10.0. The van der Waals surface area contributed by atoms with Crippen LogP contribution >= 0.6 is 27.5 Å². The van der Waals surface area contributed by atoms with Gasteiger partial charge in [0.15, 0.2) is 0 Å². The Morgan fingerprint density at radius 1 is 0.714 bits per heavy atom. The van der Waals surface area contributed by atoms with Gasteiger partial charge >= 0.3 is 0 Å². The molecule has 1 aliphatic rings. The fourth-order valence-electron chi connectivity index (χ4n) is 4.34. The van der Waals surface area contributed by atoms with Gasteiger partial charge in [0, 0.05) is 15.2 Å². The Morgan fingerprint density at radius 2 is 1.29 bits per heavy atom. The zero-order valence-electron chi connectivity index (χ0n) is 18.3. The highest BCUT2D eigenvalue weighted by molar-refractivity contribution is 9.10. The van der Waals surface area contributed by atoms with Crippen LogP contribution in [0.2, 0.25) is 5.02 Å². The third-order valence-corrected chi connectivity index (χ3v) is 8.47. The van der Waals surface area contributed by atoms with E-state index in [-0.39, 0.29) is 4.90 Å². The van der Waals surface area contributed by atoms with E-state index in [2.05, 4.69) is 15.9 Å². The summed E-state index contributed by atoms with van der Waals surface area (Å²) < 4.78 is 29.7. The van der Waals surface area contributed by atoms with Crippen LogP contribution in [0.4, 0.5) is 5.69 Å². The number of hydrogen-bond acceptors (Lipinski definition) is 4. The second-order valence-corrected chi connectivity index (χ2v) is 11.2. The van der Waals surface area contributed by atoms with E-state index < -0.39 is 28.1 Å². The Balaban J connectivity index is 1.76. The monoisotopic (exact) mass is 566 g/mol. The first kappa shape index (κ1) is 23.6. The number of amides is 1. The zero-order chi connectivity index (χ0) is 24.6. The maximum absolute atomic E-state index is 14.1. The van der Waals surface area contributed by atoms with Crippen molar-refractivity contribution in [2.45, 2.75) is 17.1 Å². The number of rotatable bonds is 5. The van der Waals surface area contributed by atoms with Gasteiger partial charge in [0.2, 0.25) is 0 Å². The maximum atomic E-state index is 14.1. The van der Waals surface area contributed by atoms with Gasteiger partial charge in [-0.1, -0.05) is 88.2 Å². The minimum absolute atomic E-state index is 0.0368. The van der Waals surface area contributed by atoms with Gasteiger partial charge < -0.3 is 4.90 Å². The van der Waals surface area contributed by atoms with Crippen molar-refractivity contribution in [1.29, 1.82) is 0 Å².